The van der Waals surface area contributed by atoms with Gasteiger partial charge in [-0.1, -0.05) is 27.0 Å². The quantitative estimate of drug-likeness (QED) is 0.0955. The molecule has 0 radical (unpaired) electrons. The minimum Gasteiger partial charge on any atom is -0.490 e. The SMILES string of the molecule is C=CC(=O)Oc1c(OCC)c(C)c(OCC)c(OCC)c1C(C)(C)c1c(OCC)c(OCC)c(C)c(OCC)c1OC(=O)C=C. The van der Waals surface area contributed by atoms with Crippen LogP contribution in [-0.2, 0) is 15.0 Å². The molecule has 0 aromatic heterocycles. The highest BCUT2D eigenvalue weighted by atomic mass is 16.6. The Morgan fingerprint density at radius 3 is 1.00 bits per heavy atom. The lowest BCUT2D eigenvalue weighted by Crippen LogP contribution is -2.27. The second kappa shape index (κ2) is 16.7. The van der Waals surface area contributed by atoms with E-state index in [4.69, 9.17) is 37.9 Å². The number of hydrogen-bond acceptors (Lipinski definition) is 10. The van der Waals surface area contributed by atoms with E-state index in [-0.39, 0.29) is 49.4 Å². The summed E-state index contributed by atoms with van der Waals surface area (Å²) in [7, 11) is 0. The third-order valence-corrected chi connectivity index (χ3v) is 6.82. The Hall–Kier alpha value is -4.34. The fraction of sp³-hybridized carbons (Fsp3) is 0.486. The Morgan fingerprint density at radius 1 is 0.511 bits per heavy atom. The maximum atomic E-state index is 12.9. The molecule has 0 aliphatic carbocycles. The first-order valence-electron chi connectivity index (χ1n) is 15.3. The molecule has 0 N–H and O–H groups in total. The first-order chi connectivity index (χ1) is 21.4. The van der Waals surface area contributed by atoms with Gasteiger partial charge in [-0.25, -0.2) is 9.59 Å². The maximum absolute atomic E-state index is 12.9. The number of hydrogen-bond donors (Lipinski definition) is 0. The summed E-state index contributed by atoms with van der Waals surface area (Å²) >= 11 is 0. The number of rotatable bonds is 18. The summed E-state index contributed by atoms with van der Waals surface area (Å²) in [6.45, 7) is 27.2. The van der Waals surface area contributed by atoms with Crippen molar-refractivity contribution in [1.82, 2.24) is 0 Å². The highest BCUT2D eigenvalue weighted by Gasteiger charge is 2.44. The van der Waals surface area contributed by atoms with Gasteiger partial charge in [0.2, 0.25) is 0 Å². The summed E-state index contributed by atoms with van der Waals surface area (Å²) in [4.78, 5) is 25.8. The number of carbonyl (C=O) groups excluding carboxylic acids is 2. The molecule has 0 aliphatic rings. The average Bonchev–Trinajstić information content (AvgIpc) is 3.00. The van der Waals surface area contributed by atoms with Crippen LogP contribution in [-0.4, -0.2) is 51.6 Å². The van der Waals surface area contributed by atoms with Crippen LogP contribution in [0.1, 0.15) is 77.6 Å². The lowest BCUT2D eigenvalue weighted by atomic mass is 9.74. The zero-order valence-corrected chi connectivity index (χ0v) is 28.4. The molecule has 2 aromatic rings. The molecule has 0 saturated carbocycles. The number of carbonyl (C=O) groups is 2. The van der Waals surface area contributed by atoms with E-state index in [0.717, 1.165) is 12.2 Å². The smallest absolute Gasteiger partial charge is 0.335 e. The fourth-order valence-electron chi connectivity index (χ4n) is 5.12. The molecular formula is C35H48O10. The van der Waals surface area contributed by atoms with Crippen molar-refractivity contribution in [3.63, 3.8) is 0 Å². The van der Waals surface area contributed by atoms with Crippen molar-refractivity contribution in [3.05, 3.63) is 47.6 Å². The van der Waals surface area contributed by atoms with E-state index in [1.54, 1.807) is 13.8 Å². The minimum atomic E-state index is -1.24. The number of benzene rings is 2. The van der Waals surface area contributed by atoms with Gasteiger partial charge in [-0.2, -0.15) is 0 Å². The van der Waals surface area contributed by atoms with Gasteiger partial charge in [0.15, 0.2) is 46.0 Å². The molecule has 10 nitrogen and oxygen atoms in total. The zero-order valence-electron chi connectivity index (χ0n) is 28.4. The van der Waals surface area contributed by atoms with E-state index in [1.807, 2.05) is 55.4 Å². The van der Waals surface area contributed by atoms with Gasteiger partial charge in [-0.05, 0) is 55.4 Å². The van der Waals surface area contributed by atoms with Gasteiger partial charge in [0.1, 0.15) is 0 Å². The van der Waals surface area contributed by atoms with Crippen LogP contribution >= 0.6 is 0 Å². The largest absolute Gasteiger partial charge is 0.490 e. The minimum absolute atomic E-state index is 0.0936. The van der Waals surface area contributed by atoms with Crippen LogP contribution < -0.4 is 37.9 Å². The van der Waals surface area contributed by atoms with Crippen molar-refractivity contribution >= 4 is 11.9 Å². The molecule has 0 heterocycles. The van der Waals surface area contributed by atoms with Crippen LogP contribution in [0.3, 0.4) is 0 Å². The Morgan fingerprint density at radius 2 is 0.756 bits per heavy atom. The molecule has 0 unspecified atom stereocenters. The van der Waals surface area contributed by atoms with E-state index in [1.165, 1.54) is 0 Å². The van der Waals surface area contributed by atoms with E-state index < -0.39 is 17.4 Å². The molecule has 0 saturated heterocycles. The van der Waals surface area contributed by atoms with Crippen molar-refractivity contribution in [1.29, 1.82) is 0 Å². The summed E-state index contributed by atoms with van der Waals surface area (Å²) < 4.78 is 49.0. The second-order valence-corrected chi connectivity index (χ2v) is 10.1. The normalized spacial score (nSPS) is 10.9. The Labute approximate surface area is 267 Å². The first-order valence-corrected chi connectivity index (χ1v) is 15.3. The molecule has 248 valence electrons. The molecule has 0 amide bonds. The van der Waals surface area contributed by atoms with Crippen molar-refractivity contribution in [2.75, 3.05) is 39.6 Å². The third kappa shape index (κ3) is 7.67. The summed E-state index contributed by atoms with van der Waals surface area (Å²) in [6.07, 6.45) is 2.13. The first kappa shape index (κ1) is 36.8. The van der Waals surface area contributed by atoms with E-state index in [0.29, 0.717) is 58.5 Å². The Kier molecular flexibility index (Phi) is 13.6. The molecule has 45 heavy (non-hydrogen) atoms. The van der Waals surface area contributed by atoms with Gasteiger partial charge in [0.05, 0.1) is 50.8 Å². The lowest BCUT2D eigenvalue weighted by molar-refractivity contribution is -0.130. The van der Waals surface area contributed by atoms with E-state index >= 15 is 0 Å². The average molecular weight is 629 g/mol. The van der Waals surface area contributed by atoms with Crippen LogP contribution in [0.25, 0.3) is 0 Å². The molecule has 2 rings (SSSR count). The van der Waals surface area contributed by atoms with Crippen LogP contribution in [0.4, 0.5) is 0 Å². The van der Waals surface area contributed by atoms with Gasteiger partial charge < -0.3 is 37.9 Å². The van der Waals surface area contributed by atoms with Crippen LogP contribution in [0, 0.1) is 13.8 Å². The van der Waals surface area contributed by atoms with Crippen molar-refractivity contribution < 1.29 is 47.5 Å². The molecule has 0 atom stereocenters. The highest BCUT2D eigenvalue weighted by molar-refractivity contribution is 5.87. The molecule has 0 aliphatic heterocycles. The van der Waals surface area contributed by atoms with Crippen LogP contribution in [0.2, 0.25) is 0 Å². The molecule has 0 spiro atoms. The van der Waals surface area contributed by atoms with Crippen molar-refractivity contribution in [2.24, 2.45) is 0 Å². The summed E-state index contributed by atoms with van der Waals surface area (Å²) in [5, 5.41) is 0. The van der Waals surface area contributed by atoms with E-state index in [9.17, 15) is 9.59 Å². The molecule has 0 fully saturated rings. The molecule has 2 aromatic carbocycles. The Bertz CT molecular complexity index is 1290. The zero-order chi connectivity index (χ0) is 33.9. The van der Waals surface area contributed by atoms with Crippen LogP contribution in [0.5, 0.6) is 46.0 Å². The summed E-state index contributed by atoms with van der Waals surface area (Å²) in [6, 6.07) is 0. The fourth-order valence-corrected chi connectivity index (χ4v) is 5.12. The molecular weight excluding hydrogens is 580 g/mol. The van der Waals surface area contributed by atoms with Crippen LogP contribution in [0.15, 0.2) is 25.3 Å². The summed E-state index contributed by atoms with van der Waals surface area (Å²) in [5.74, 6) is 0.789. The van der Waals surface area contributed by atoms with Crippen molar-refractivity contribution in [3.8, 4) is 46.0 Å². The topological polar surface area (TPSA) is 108 Å². The highest BCUT2D eigenvalue weighted by Crippen LogP contribution is 2.60. The predicted octanol–water partition coefficient (Wildman–Crippen LogP) is 7.20. The monoisotopic (exact) mass is 628 g/mol. The van der Waals surface area contributed by atoms with Gasteiger partial charge in [0, 0.05) is 28.7 Å². The summed E-state index contributed by atoms with van der Waals surface area (Å²) in [5.41, 5.74) is 0.668. The number of ether oxygens (including phenoxy) is 8. The Balaban J connectivity index is 3.42. The number of esters is 2. The van der Waals surface area contributed by atoms with Crippen molar-refractivity contribution in [2.45, 2.75) is 74.7 Å². The van der Waals surface area contributed by atoms with Gasteiger partial charge >= 0.3 is 11.9 Å². The third-order valence-electron chi connectivity index (χ3n) is 6.82. The van der Waals surface area contributed by atoms with E-state index in [2.05, 4.69) is 13.2 Å². The lowest BCUT2D eigenvalue weighted by Gasteiger charge is -2.35. The molecule has 0 bridgehead atoms. The maximum Gasteiger partial charge on any atom is 0.335 e. The van der Waals surface area contributed by atoms with Gasteiger partial charge in [-0.15, -0.1) is 0 Å². The standard InChI is InChI=1S/C35H48O10/c1-13-23(36)44-33-25(31(42-19-7)27(38-15-3)21(9)29(33)40-17-5)35(11,12)26-32(43-20-8)28(39-16-4)22(10)30(41-18-6)34(26)45-24(37)14-2/h13-14H,1-2,15-20H2,3-12H3. The predicted molar refractivity (Wildman–Crippen MR) is 173 cm³/mol. The van der Waals surface area contributed by atoms with Gasteiger partial charge in [0.25, 0.3) is 0 Å². The molecule has 10 heteroatoms. The second-order valence-electron chi connectivity index (χ2n) is 10.1. The van der Waals surface area contributed by atoms with Gasteiger partial charge in [-0.3, -0.25) is 0 Å².